The van der Waals surface area contributed by atoms with Crippen LogP contribution in [0.1, 0.15) is 22.5 Å². The quantitative estimate of drug-likeness (QED) is 0.139. The Morgan fingerprint density at radius 3 is 1.50 bits per heavy atom. The maximum atomic E-state index is 5.28. The van der Waals surface area contributed by atoms with Crippen molar-refractivity contribution in [2.24, 2.45) is 0 Å². The second kappa shape index (κ2) is 16.8. The largest absolute Gasteiger partial charge is 0.263 e. The molecule has 0 aliphatic heterocycles. The van der Waals surface area contributed by atoms with Crippen LogP contribution in [0.4, 0.5) is 0 Å². The average Bonchev–Trinajstić information content (AvgIpc) is 3.38. The van der Waals surface area contributed by atoms with E-state index in [-0.39, 0.29) is 0 Å². The van der Waals surface area contributed by atoms with Gasteiger partial charge in [-0.25, -0.2) is 34.9 Å². The summed E-state index contributed by atoms with van der Waals surface area (Å²) in [5.74, 6) is 2.93. The number of pyridine rings is 1. The van der Waals surface area contributed by atoms with Gasteiger partial charge in [-0.2, -0.15) is 0 Å². The highest BCUT2D eigenvalue weighted by molar-refractivity contribution is 6.14. The minimum atomic E-state index is 0.513. The summed E-state index contributed by atoms with van der Waals surface area (Å²) in [6.07, 6.45) is 7.44. The van der Waals surface area contributed by atoms with E-state index in [1.807, 2.05) is 94.9 Å². The van der Waals surface area contributed by atoms with E-state index in [9.17, 15) is 0 Å². The van der Waals surface area contributed by atoms with Crippen LogP contribution in [0.15, 0.2) is 183 Å². The molecule has 8 heteroatoms. The Kier molecular flexibility index (Phi) is 10.2. The van der Waals surface area contributed by atoms with Crippen molar-refractivity contribution < 1.29 is 0 Å². The smallest absolute Gasteiger partial charge is 0.165 e. The minimum Gasteiger partial charge on any atom is -0.263 e. The van der Waals surface area contributed by atoms with E-state index < -0.39 is 0 Å². The molecule has 0 aliphatic carbocycles. The standard InChI is InChI=1S/C58H42N8/c1-35-31-60-54(62-37(35)3)40-21-23-41(24-22-40)56-64-57(66-58(65-56)49-29-48(33-59-34-49)39-13-6-5-7-14-39)47-27-45(42-16-12-17-44(25-42)55-61-32-36(2)38(4)63-55)26-46(28-47)53-30-43-15-8-9-18-50(43)51-19-10-11-20-52(51)53/h5-34H,1-4H3. The van der Waals surface area contributed by atoms with E-state index in [0.29, 0.717) is 29.1 Å². The van der Waals surface area contributed by atoms with Gasteiger partial charge in [0.25, 0.3) is 0 Å². The number of hydrogen-bond donors (Lipinski definition) is 0. The molecular formula is C58H42N8. The molecule has 0 fully saturated rings. The first-order chi connectivity index (χ1) is 32.3. The number of aromatic nitrogens is 8. The molecule has 0 N–H and O–H groups in total. The molecule has 0 bridgehead atoms. The van der Waals surface area contributed by atoms with Crippen molar-refractivity contribution in [3.63, 3.8) is 0 Å². The number of nitrogens with zero attached hydrogens (tertiary/aromatic N) is 8. The molecule has 314 valence electrons. The lowest BCUT2D eigenvalue weighted by Crippen LogP contribution is -2.01. The second-order valence-electron chi connectivity index (χ2n) is 16.7. The topological polar surface area (TPSA) is 103 Å². The summed E-state index contributed by atoms with van der Waals surface area (Å²) in [5.41, 5.74) is 14.5. The third kappa shape index (κ3) is 7.75. The summed E-state index contributed by atoms with van der Waals surface area (Å²) in [4.78, 5) is 39.3. The maximum Gasteiger partial charge on any atom is 0.165 e. The fourth-order valence-corrected chi connectivity index (χ4v) is 8.42. The molecule has 0 saturated heterocycles. The first kappa shape index (κ1) is 40.2. The fraction of sp³-hybridized carbons (Fsp3) is 0.0690. The van der Waals surface area contributed by atoms with Crippen LogP contribution in [0.25, 0.3) is 112 Å². The number of benzene rings is 7. The van der Waals surface area contributed by atoms with Gasteiger partial charge in [0.15, 0.2) is 29.1 Å². The Labute approximate surface area is 382 Å². The van der Waals surface area contributed by atoms with Crippen LogP contribution in [0.2, 0.25) is 0 Å². The van der Waals surface area contributed by atoms with Crippen LogP contribution in [0, 0.1) is 27.7 Å². The predicted molar refractivity (Wildman–Crippen MR) is 266 cm³/mol. The van der Waals surface area contributed by atoms with Crippen LogP contribution in [-0.4, -0.2) is 39.9 Å². The highest BCUT2D eigenvalue weighted by Crippen LogP contribution is 2.40. The van der Waals surface area contributed by atoms with Crippen molar-refractivity contribution in [3.05, 3.63) is 205 Å². The van der Waals surface area contributed by atoms with E-state index >= 15 is 0 Å². The normalized spacial score (nSPS) is 11.3. The van der Waals surface area contributed by atoms with Gasteiger partial charge in [-0.05, 0) is 125 Å². The molecule has 4 aromatic heterocycles. The molecular weight excluding hydrogens is 809 g/mol. The third-order valence-corrected chi connectivity index (χ3v) is 12.3. The summed E-state index contributed by atoms with van der Waals surface area (Å²) < 4.78 is 0. The first-order valence-corrected chi connectivity index (χ1v) is 22.0. The first-order valence-electron chi connectivity index (χ1n) is 22.0. The lowest BCUT2D eigenvalue weighted by atomic mass is 9.90. The van der Waals surface area contributed by atoms with Crippen molar-refractivity contribution in [1.29, 1.82) is 0 Å². The Morgan fingerprint density at radius 2 is 0.788 bits per heavy atom. The molecule has 0 amide bonds. The summed E-state index contributed by atoms with van der Waals surface area (Å²) >= 11 is 0. The molecule has 0 radical (unpaired) electrons. The summed E-state index contributed by atoms with van der Waals surface area (Å²) in [6, 6.07) is 55.0. The van der Waals surface area contributed by atoms with Crippen LogP contribution in [0.5, 0.6) is 0 Å². The molecule has 4 heterocycles. The highest BCUT2D eigenvalue weighted by atomic mass is 15.0. The van der Waals surface area contributed by atoms with Crippen LogP contribution < -0.4 is 0 Å². The van der Waals surface area contributed by atoms with Gasteiger partial charge in [0.2, 0.25) is 0 Å². The van der Waals surface area contributed by atoms with E-state index in [4.69, 9.17) is 29.9 Å². The second-order valence-corrected chi connectivity index (χ2v) is 16.7. The Hall–Kier alpha value is -8.62. The zero-order chi connectivity index (χ0) is 44.7. The van der Waals surface area contributed by atoms with Gasteiger partial charge >= 0.3 is 0 Å². The number of aryl methyl sites for hydroxylation is 4. The average molecular weight is 851 g/mol. The molecule has 0 spiro atoms. The van der Waals surface area contributed by atoms with E-state index in [1.54, 1.807) is 0 Å². The van der Waals surface area contributed by atoms with E-state index in [0.717, 1.165) is 94.5 Å². The monoisotopic (exact) mass is 850 g/mol. The van der Waals surface area contributed by atoms with Gasteiger partial charge in [0.1, 0.15) is 0 Å². The maximum absolute atomic E-state index is 5.28. The Balaban J connectivity index is 1.13. The van der Waals surface area contributed by atoms with Gasteiger partial charge in [-0.3, -0.25) is 4.98 Å². The molecule has 0 unspecified atom stereocenters. The Bertz CT molecular complexity index is 3640. The molecule has 7 aromatic carbocycles. The van der Waals surface area contributed by atoms with Crippen LogP contribution in [0.3, 0.4) is 0 Å². The molecule has 11 rings (SSSR count). The van der Waals surface area contributed by atoms with E-state index in [2.05, 4.69) is 125 Å². The van der Waals surface area contributed by atoms with Crippen molar-refractivity contribution in [1.82, 2.24) is 39.9 Å². The van der Waals surface area contributed by atoms with Gasteiger partial charge in [0, 0.05) is 69.6 Å². The fourth-order valence-electron chi connectivity index (χ4n) is 8.42. The third-order valence-electron chi connectivity index (χ3n) is 12.3. The van der Waals surface area contributed by atoms with Crippen molar-refractivity contribution in [2.75, 3.05) is 0 Å². The number of hydrogen-bond acceptors (Lipinski definition) is 8. The van der Waals surface area contributed by atoms with Crippen LogP contribution >= 0.6 is 0 Å². The summed E-state index contributed by atoms with van der Waals surface area (Å²) in [5, 5.41) is 4.72. The van der Waals surface area contributed by atoms with Crippen molar-refractivity contribution in [2.45, 2.75) is 27.7 Å². The van der Waals surface area contributed by atoms with E-state index in [1.165, 1.54) is 10.8 Å². The lowest BCUT2D eigenvalue weighted by molar-refractivity contribution is 1.07. The molecule has 8 nitrogen and oxygen atoms in total. The van der Waals surface area contributed by atoms with Crippen LogP contribution in [-0.2, 0) is 0 Å². The predicted octanol–water partition coefficient (Wildman–Crippen LogP) is 13.7. The van der Waals surface area contributed by atoms with Gasteiger partial charge in [-0.1, -0.05) is 121 Å². The number of rotatable bonds is 8. The molecule has 0 atom stereocenters. The van der Waals surface area contributed by atoms with Crippen molar-refractivity contribution in [3.8, 4) is 90.3 Å². The minimum absolute atomic E-state index is 0.513. The van der Waals surface area contributed by atoms with Gasteiger partial charge in [0.05, 0.1) is 0 Å². The SMILES string of the molecule is Cc1cnc(-c2ccc(-c3nc(-c4cncc(-c5ccccc5)c4)nc(-c4cc(-c5cccc(-c6ncc(C)c(C)n6)c5)cc(-c5cc6ccccc6c6ccccc56)c4)n3)cc2)nc1C. The highest BCUT2D eigenvalue weighted by Gasteiger charge is 2.18. The van der Waals surface area contributed by atoms with Gasteiger partial charge < -0.3 is 0 Å². The van der Waals surface area contributed by atoms with Crippen molar-refractivity contribution >= 4 is 21.5 Å². The Morgan fingerprint density at radius 1 is 0.288 bits per heavy atom. The summed E-state index contributed by atoms with van der Waals surface area (Å²) in [7, 11) is 0. The zero-order valence-electron chi connectivity index (χ0n) is 36.9. The lowest BCUT2D eigenvalue weighted by Gasteiger charge is -2.15. The number of fused-ring (bicyclic) bond motifs is 3. The zero-order valence-corrected chi connectivity index (χ0v) is 36.9. The van der Waals surface area contributed by atoms with Gasteiger partial charge in [-0.15, -0.1) is 0 Å². The molecule has 0 saturated carbocycles. The molecule has 66 heavy (non-hydrogen) atoms. The summed E-state index contributed by atoms with van der Waals surface area (Å²) in [6.45, 7) is 8.07. The molecule has 11 aromatic rings. The molecule has 0 aliphatic rings.